The number of rotatable bonds is 2. The second-order valence-electron chi connectivity index (χ2n) is 5.06. The van der Waals surface area contributed by atoms with Crippen molar-refractivity contribution in [2.75, 3.05) is 17.3 Å². The van der Waals surface area contributed by atoms with Gasteiger partial charge in [-0.1, -0.05) is 0 Å². The fourth-order valence-corrected chi connectivity index (χ4v) is 2.40. The van der Waals surface area contributed by atoms with Crippen molar-refractivity contribution in [3.63, 3.8) is 0 Å². The van der Waals surface area contributed by atoms with Crippen molar-refractivity contribution in [2.45, 2.75) is 12.8 Å². The maximum absolute atomic E-state index is 12.0. The minimum Gasteiger partial charge on any atom is -0.321 e. The summed E-state index contributed by atoms with van der Waals surface area (Å²) in [6.45, 7) is 0. The Labute approximate surface area is 126 Å². The number of hydrogen-bond acceptors (Lipinski definition) is 4. The zero-order chi connectivity index (χ0) is 15.7. The van der Waals surface area contributed by atoms with Gasteiger partial charge in [0.1, 0.15) is 5.69 Å². The van der Waals surface area contributed by atoms with Crippen molar-refractivity contribution >= 4 is 23.2 Å². The predicted molar refractivity (Wildman–Crippen MR) is 81.0 cm³/mol. The molecule has 1 aliphatic heterocycles. The van der Waals surface area contributed by atoms with Crippen LogP contribution >= 0.6 is 0 Å². The third-order valence-electron chi connectivity index (χ3n) is 3.59. The standard InChI is InChI=1S/C15H14N4O3/c1-19-12-5-3-10(8-9(12)2-7-14(19)21)16-15(22)11-4-6-13(20)18-17-11/h3-6,8H,2,7H2,1H3,(H,16,22)(H,18,20). The lowest BCUT2D eigenvalue weighted by Crippen LogP contribution is -2.31. The molecule has 1 aliphatic rings. The number of H-pyrrole nitrogens is 1. The molecule has 0 saturated heterocycles. The summed E-state index contributed by atoms with van der Waals surface area (Å²) in [5.41, 5.74) is 2.26. The average Bonchev–Trinajstić information content (AvgIpc) is 2.51. The normalized spacial score (nSPS) is 13.7. The lowest BCUT2D eigenvalue weighted by atomic mass is 10.0. The molecule has 0 aliphatic carbocycles. The molecule has 0 saturated carbocycles. The van der Waals surface area contributed by atoms with Crippen LogP contribution in [0.4, 0.5) is 11.4 Å². The molecule has 2 heterocycles. The van der Waals surface area contributed by atoms with Crippen LogP contribution in [0.15, 0.2) is 35.1 Å². The zero-order valence-corrected chi connectivity index (χ0v) is 11.9. The maximum atomic E-state index is 12.0. The Morgan fingerprint density at radius 2 is 2.05 bits per heavy atom. The van der Waals surface area contributed by atoms with E-state index in [1.165, 1.54) is 12.1 Å². The van der Waals surface area contributed by atoms with Gasteiger partial charge in [-0.25, -0.2) is 5.10 Å². The molecule has 0 bridgehead atoms. The molecule has 2 N–H and O–H groups in total. The molecule has 7 heteroatoms. The van der Waals surface area contributed by atoms with E-state index in [1.54, 1.807) is 18.0 Å². The van der Waals surface area contributed by atoms with Crippen LogP contribution in [0.5, 0.6) is 0 Å². The molecule has 0 spiro atoms. The van der Waals surface area contributed by atoms with Crippen LogP contribution < -0.4 is 15.8 Å². The smallest absolute Gasteiger partial charge is 0.276 e. The number of anilines is 2. The maximum Gasteiger partial charge on any atom is 0.276 e. The van der Waals surface area contributed by atoms with Gasteiger partial charge in [-0.05, 0) is 36.2 Å². The van der Waals surface area contributed by atoms with Gasteiger partial charge >= 0.3 is 0 Å². The number of amides is 2. The van der Waals surface area contributed by atoms with E-state index in [-0.39, 0.29) is 17.2 Å². The molecule has 1 aromatic heterocycles. The Kier molecular flexibility index (Phi) is 3.46. The number of fused-ring (bicyclic) bond motifs is 1. The molecule has 22 heavy (non-hydrogen) atoms. The highest BCUT2D eigenvalue weighted by Crippen LogP contribution is 2.29. The van der Waals surface area contributed by atoms with Gasteiger partial charge in [0, 0.05) is 30.9 Å². The van der Waals surface area contributed by atoms with Crippen molar-refractivity contribution in [1.29, 1.82) is 0 Å². The van der Waals surface area contributed by atoms with Crippen LogP contribution in [-0.2, 0) is 11.2 Å². The monoisotopic (exact) mass is 298 g/mol. The Balaban J connectivity index is 1.82. The topological polar surface area (TPSA) is 95.2 Å². The van der Waals surface area contributed by atoms with Gasteiger partial charge in [0.05, 0.1) is 0 Å². The molecule has 0 atom stereocenters. The van der Waals surface area contributed by atoms with Crippen molar-refractivity contribution in [2.24, 2.45) is 0 Å². The highest BCUT2D eigenvalue weighted by molar-refractivity contribution is 6.03. The Morgan fingerprint density at radius 1 is 1.23 bits per heavy atom. The summed E-state index contributed by atoms with van der Waals surface area (Å²) >= 11 is 0. The number of nitrogens with one attached hydrogen (secondary N) is 2. The van der Waals surface area contributed by atoms with Gasteiger partial charge in [-0.15, -0.1) is 0 Å². The number of carbonyl (C=O) groups excluding carboxylic acids is 2. The highest BCUT2D eigenvalue weighted by atomic mass is 16.2. The minimum absolute atomic E-state index is 0.0849. The Morgan fingerprint density at radius 3 is 2.77 bits per heavy atom. The highest BCUT2D eigenvalue weighted by Gasteiger charge is 2.21. The van der Waals surface area contributed by atoms with Gasteiger partial charge in [-0.2, -0.15) is 5.10 Å². The SMILES string of the molecule is CN1C(=O)CCc2cc(NC(=O)c3ccc(=O)[nH]n3)ccc21. The van der Waals surface area contributed by atoms with Gasteiger partial charge in [0.15, 0.2) is 0 Å². The molecular weight excluding hydrogens is 284 g/mol. The summed E-state index contributed by atoms with van der Waals surface area (Å²) < 4.78 is 0. The lowest BCUT2D eigenvalue weighted by Gasteiger charge is -2.26. The summed E-state index contributed by atoms with van der Waals surface area (Å²) in [6, 6.07) is 8.00. The predicted octanol–water partition coefficient (Wildman–Crippen LogP) is 0.931. The lowest BCUT2D eigenvalue weighted by molar-refractivity contribution is -0.118. The van der Waals surface area contributed by atoms with Crippen LogP contribution in [0.2, 0.25) is 0 Å². The van der Waals surface area contributed by atoms with Crippen molar-refractivity contribution in [3.05, 3.63) is 51.9 Å². The van der Waals surface area contributed by atoms with E-state index in [0.29, 0.717) is 18.5 Å². The summed E-state index contributed by atoms with van der Waals surface area (Å²) in [6.07, 6.45) is 1.11. The number of aromatic amines is 1. The van der Waals surface area contributed by atoms with Crippen molar-refractivity contribution in [1.82, 2.24) is 10.2 Å². The first-order valence-corrected chi connectivity index (χ1v) is 6.81. The second kappa shape index (κ2) is 5.44. The summed E-state index contributed by atoms with van der Waals surface area (Å²) in [4.78, 5) is 36.3. The molecule has 112 valence electrons. The van der Waals surface area contributed by atoms with Crippen LogP contribution in [-0.4, -0.2) is 29.1 Å². The van der Waals surface area contributed by atoms with Crippen molar-refractivity contribution < 1.29 is 9.59 Å². The van der Waals surface area contributed by atoms with E-state index in [4.69, 9.17) is 0 Å². The zero-order valence-electron chi connectivity index (χ0n) is 11.9. The van der Waals surface area contributed by atoms with Gasteiger partial charge in [0.2, 0.25) is 5.91 Å². The molecule has 0 fully saturated rings. The number of benzene rings is 1. The van der Waals surface area contributed by atoms with E-state index < -0.39 is 5.91 Å². The number of carbonyl (C=O) groups is 2. The first-order valence-electron chi connectivity index (χ1n) is 6.81. The summed E-state index contributed by atoms with van der Waals surface area (Å²) in [5, 5.41) is 8.62. The first-order chi connectivity index (χ1) is 10.5. The molecule has 3 rings (SSSR count). The Hall–Kier alpha value is -2.96. The van der Waals surface area contributed by atoms with Crippen LogP contribution in [0.1, 0.15) is 22.5 Å². The molecule has 7 nitrogen and oxygen atoms in total. The second-order valence-corrected chi connectivity index (χ2v) is 5.06. The van der Waals surface area contributed by atoms with Crippen molar-refractivity contribution in [3.8, 4) is 0 Å². The molecule has 2 amide bonds. The van der Waals surface area contributed by atoms with Gasteiger partial charge in [-0.3, -0.25) is 14.4 Å². The molecule has 0 radical (unpaired) electrons. The minimum atomic E-state index is -0.406. The Bertz CT molecular complexity index is 792. The van der Waals surface area contributed by atoms with Gasteiger partial charge < -0.3 is 10.2 Å². The van der Waals surface area contributed by atoms with Crippen LogP contribution in [0.25, 0.3) is 0 Å². The largest absolute Gasteiger partial charge is 0.321 e. The summed E-state index contributed by atoms with van der Waals surface area (Å²) in [5.74, 6) is -0.321. The van der Waals surface area contributed by atoms with Crippen LogP contribution in [0.3, 0.4) is 0 Å². The third-order valence-corrected chi connectivity index (χ3v) is 3.59. The molecule has 2 aromatic rings. The molecular formula is C15H14N4O3. The van der Waals surface area contributed by atoms with E-state index in [2.05, 4.69) is 15.5 Å². The fourth-order valence-electron chi connectivity index (χ4n) is 2.40. The van der Waals surface area contributed by atoms with E-state index in [0.717, 1.165) is 11.3 Å². The average molecular weight is 298 g/mol. The first kappa shape index (κ1) is 14.0. The molecule has 1 aromatic carbocycles. The number of nitrogens with zero attached hydrogens (tertiary/aromatic N) is 2. The number of aryl methyl sites for hydroxylation is 1. The number of hydrogen-bond donors (Lipinski definition) is 2. The van der Waals surface area contributed by atoms with Gasteiger partial charge in [0.25, 0.3) is 11.5 Å². The fraction of sp³-hybridized carbons (Fsp3) is 0.200. The van der Waals surface area contributed by atoms with E-state index in [1.807, 2.05) is 12.1 Å². The third kappa shape index (κ3) is 2.60. The van der Waals surface area contributed by atoms with Crippen LogP contribution in [0, 0.1) is 0 Å². The summed E-state index contributed by atoms with van der Waals surface area (Å²) in [7, 11) is 1.74. The molecule has 0 unspecified atom stereocenters. The quantitative estimate of drug-likeness (QED) is 0.862. The van der Waals surface area contributed by atoms with E-state index in [9.17, 15) is 14.4 Å². The van der Waals surface area contributed by atoms with E-state index >= 15 is 0 Å². The number of aromatic nitrogens is 2.